The van der Waals surface area contributed by atoms with Crippen LogP contribution in [0.5, 0.6) is 5.75 Å². The van der Waals surface area contributed by atoms with Crippen LogP contribution in [0.25, 0.3) is 0 Å². The number of amides is 2. The molecular weight excluding hydrogens is 451 g/mol. The Labute approximate surface area is 190 Å². The predicted octanol–water partition coefficient (Wildman–Crippen LogP) is 4.92. The summed E-state index contributed by atoms with van der Waals surface area (Å²) in [6, 6.07) is 9.13. The van der Waals surface area contributed by atoms with Gasteiger partial charge in [-0.3, -0.25) is 9.59 Å². The summed E-state index contributed by atoms with van der Waals surface area (Å²) < 4.78 is 10.6. The zero-order valence-electron chi connectivity index (χ0n) is 16.3. The molecule has 0 saturated carbocycles. The van der Waals surface area contributed by atoms with Crippen LogP contribution in [0, 0.1) is 0 Å². The second-order valence-electron chi connectivity index (χ2n) is 6.73. The lowest BCUT2D eigenvalue weighted by molar-refractivity contribution is -0.119. The molecule has 0 aromatic heterocycles. The quantitative estimate of drug-likeness (QED) is 0.582. The van der Waals surface area contributed by atoms with Crippen LogP contribution in [-0.4, -0.2) is 49.6 Å². The average Bonchev–Trinajstić information content (AvgIpc) is 3.21. The third-order valence-electron chi connectivity index (χ3n) is 4.73. The molecule has 1 atom stereocenters. The van der Waals surface area contributed by atoms with Crippen molar-refractivity contribution in [2.24, 2.45) is 0 Å². The van der Waals surface area contributed by atoms with Crippen LogP contribution >= 0.6 is 34.8 Å². The number of carbonyl (C=O) groups is 2. The van der Waals surface area contributed by atoms with Crippen molar-refractivity contribution in [2.75, 3.05) is 32.2 Å². The largest absolute Gasteiger partial charge is 0.487 e. The number of rotatable bonds is 7. The summed E-state index contributed by atoms with van der Waals surface area (Å²) in [5.74, 6) is -0.293. The molecule has 1 unspecified atom stereocenters. The van der Waals surface area contributed by atoms with E-state index in [2.05, 4.69) is 5.32 Å². The van der Waals surface area contributed by atoms with E-state index in [0.29, 0.717) is 52.5 Å². The van der Waals surface area contributed by atoms with Crippen LogP contribution in [-0.2, 0) is 9.53 Å². The molecule has 9 heteroatoms. The van der Waals surface area contributed by atoms with Gasteiger partial charge in [0, 0.05) is 18.7 Å². The molecule has 1 aliphatic heterocycles. The summed E-state index contributed by atoms with van der Waals surface area (Å²) in [7, 11) is 1.57. The van der Waals surface area contributed by atoms with E-state index >= 15 is 0 Å². The number of nitrogens with zero attached hydrogens (tertiary/aromatic N) is 1. The lowest BCUT2D eigenvalue weighted by Crippen LogP contribution is -2.43. The van der Waals surface area contributed by atoms with Crippen LogP contribution in [0.3, 0.4) is 0 Å². The summed E-state index contributed by atoms with van der Waals surface area (Å²) >= 11 is 18.4. The zero-order valence-corrected chi connectivity index (χ0v) is 18.6. The van der Waals surface area contributed by atoms with E-state index in [4.69, 9.17) is 44.3 Å². The van der Waals surface area contributed by atoms with Gasteiger partial charge in [-0.15, -0.1) is 0 Å². The lowest BCUT2D eigenvalue weighted by Gasteiger charge is -2.25. The summed E-state index contributed by atoms with van der Waals surface area (Å²) in [5, 5.41) is 3.90. The molecule has 0 aliphatic carbocycles. The first-order valence-electron chi connectivity index (χ1n) is 9.39. The topological polar surface area (TPSA) is 67.9 Å². The maximum absolute atomic E-state index is 13.0. The van der Waals surface area contributed by atoms with E-state index in [0.717, 1.165) is 0 Å². The number of likely N-dealkylation sites (tertiary alicyclic amines) is 1. The van der Waals surface area contributed by atoms with Crippen LogP contribution in [0.4, 0.5) is 5.69 Å². The summed E-state index contributed by atoms with van der Waals surface area (Å²) in [6.07, 6.45) is 1.24. The Morgan fingerprint density at radius 1 is 1.13 bits per heavy atom. The number of benzene rings is 2. The molecule has 3 rings (SSSR count). The molecule has 30 heavy (non-hydrogen) atoms. The van der Waals surface area contributed by atoms with Crippen molar-refractivity contribution in [3.05, 3.63) is 57.0 Å². The fourth-order valence-electron chi connectivity index (χ4n) is 3.30. The summed E-state index contributed by atoms with van der Waals surface area (Å²) in [6.45, 7) is 1.11. The van der Waals surface area contributed by atoms with E-state index in [1.54, 1.807) is 37.4 Å². The molecule has 1 saturated heterocycles. The molecule has 1 N–H and O–H groups in total. The van der Waals surface area contributed by atoms with E-state index in [9.17, 15) is 9.59 Å². The molecule has 160 valence electrons. The number of carbonyl (C=O) groups excluding carboxylic acids is 2. The minimum Gasteiger partial charge on any atom is -0.487 e. The average molecular weight is 472 g/mol. The highest BCUT2D eigenvalue weighted by atomic mass is 35.5. The maximum Gasteiger partial charge on any atom is 0.256 e. The number of hydrogen-bond acceptors (Lipinski definition) is 4. The Balaban J connectivity index is 1.78. The van der Waals surface area contributed by atoms with E-state index in [1.807, 2.05) is 0 Å². The van der Waals surface area contributed by atoms with Crippen molar-refractivity contribution >= 4 is 52.3 Å². The Morgan fingerprint density at radius 3 is 2.70 bits per heavy atom. The van der Waals surface area contributed by atoms with Gasteiger partial charge in [0.25, 0.3) is 5.91 Å². The monoisotopic (exact) mass is 470 g/mol. The van der Waals surface area contributed by atoms with Crippen molar-refractivity contribution in [1.29, 1.82) is 0 Å². The molecule has 1 aliphatic rings. The number of halogens is 3. The van der Waals surface area contributed by atoms with Crippen molar-refractivity contribution in [1.82, 2.24) is 4.90 Å². The molecule has 6 nitrogen and oxygen atoms in total. The van der Waals surface area contributed by atoms with Crippen molar-refractivity contribution < 1.29 is 19.1 Å². The number of para-hydroxylation sites is 1. The molecule has 2 amide bonds. The molecule has 2 aromatic rings. The van der Waals surface area contributed by atoms with Gasteiger partial charge in [-0.25, -0.2) is 0 Å². The van der Waals surface area contributed by atoms with E-state index in [1.165, 1.54) is 11.0 Å². The Kier molecular flexibility index (Phi) is 7.83. The minimum absolute atomic E-state index is 0.273. The highest BCUT2D eigenvalue weighted by Gasteiger charge is 2.35. The van der Waals surface area contributed by atoms with Crippen molar-refractivity contribution in [3.8, 4) is 5.75 Å². The Bertz CT molecular complexity index is 938. The summed E-state index contributed by atoms with van der Waals surface area (Å²) in [5.41, 5.74) is 0.707. The van der Waals surface area contributed by atoms with E-state index < -0.39 is 6.04 Å². The third kappa shape index (κ3) is 5.19. The molecule has 1 heterocycles. The second-order valence-corrected chi connectivity index (χ2v) is 7.98. The number of hydrogen-bond donors (Lipinski definition) is 1. The van der Waals surface area contributed by atoms with Gasteiger partial charge < -0.3 is 19.7 Å². The fourth-order valence-corrected chi connectivity index (χ4v) is 3.90. The van der Waals surface area contributed by atoms with Crippen molar-refractivity contribution in [3.63, 3.8) is 0 Å². The predicted molar refractivity (Wildman–Crippen MR) is 118 cm³/mol. The van der Waals surface area contributed by atoms with Crippen molar-refractivity contribution in [2.45, 2.75) is 18.9 Å². The number of methoxy groups -OCH3 is 1. The molecular formula is C21H21Cl3N2O4. The molecule has 0 spiro atoms. The van der Waals surface area contributed by atoms with Crippen LogP contribution in [0.2, 0.25) is 15.1 Å². The van der Waals surface area contributed by atoms with Gasteiger partial charge in [0.2, 0.25) is 5.91 Å². The lowest BCUT2D eigenvalue weighted by atomic mass is 10.1. The highest BCUT2D eigenvalue weighted by Crippen LogP contribution is 2.34. The van der Waals surface area contributed by atoms with Gasteiger partial charge in [-0.05, 0) is 43.2 Å². The molecule has 0 bridgehead atoms. The third-order valence-corrected chi connectivity index (χ3v) is 5.60. The first kappa shape index (κ1) is 22.7. The van der Waals surface area contributed by atoms with Gasteiger partial charge in [0.05, 0.1) is 27.9 Å². The first-order chi connectivity index (χ1) is 14.4. The number of anilines is 1. The smallest absolute Gasteiger partial charge is 0.256 e. The summed E-state index contributed by atoms with van der Waals surface area (Å²) in [4.78, 5) is 27.6. The Morgan fingerprint density at radius 2 is 1.93 bits per heavy atom. The standard InChI is InChI=1S/C21H21Cl3N2O4/c1-29-10-11-30-19-16(24)4-2-5-17(19)25-20(27)18-6-3-9-26(18)21(28)14-12-13(22)7-8-15(14)23/h2,4-5,7-8,12,18H,3,6,9-11H2,1H3,(H,25,27). The van der Waals surface area contributed by atoms with Crippen LogP contribution in [0.15, 0.2) is 36.4 Å². The Hall–Kier alpha value is -1.99. The van der Waals surface area contributed by atoms with Gasteiger partial charge >= 0.3 is 0 Å². The van der Waals surface area contributed by atoms with Crippen LogP contribution in [0.1, 0.15) is 23.2 Å². The molecule has 1 fully saturated rings. The number of ether oxygens (including phenoxy) is 2. The van der Waals surface area contributed by atoms with Gasteiger partial charge in [0.15, 0.2) is 5.75 Å². The molecule has 2 aromatic carbocycles. The van der Waals surface area contributed by atoms with E-state index in [-0.39, 0.29) is 24.0 Å². The normalized spacial score (nSPS) is 15.9. The minimum atomic E-state index is -0.640. The van der Waals surface area contributed by atoms with Crippen LogP contribution < -0.4 is 10.1 Å². The van der Waals surface area contributed by atoms with Gasteiger partial charge in [-0.1, -0.05) is 40.9 Å². The molecule has 0 radical (unpaired) electrons. The first-order valence-corrected chi connectivity index (χ1v) is 10.5. The zero-order chi connectivity index (χ0) is 21.7. The highest BCUT2D eigenvalue weighted by molar-refractivity contribution is 6.36. The maximum atomic E-state index is 13.0. The number of nitrogens with one attached hydrogen (secondary N) is 1. The SMILES string of the molecule is COCCOc1c(Cl)cccc1NC(=O)C1CCCN1C(=O)c1cc(Cl)ccc1Cl. The van der Waals surface area contributed by atoms with Gasteiger partial charge in [0.1, 0.15) is 12.6 Å². The fraction of sp³-hybridized carbons (Fsp3) is 0.333. The second kappa shape index (κ2) is 10.4. The van der Waals surface area contributed by atoms with Gasteiger partial charge in [-0.2, -0.15) is 0 Å².